The lowest BCUT2D eigenvalue weighted by atomic mass is 10.1. The second kappa shape index (κ2) is 4.85. The fraction of sp³-hybridized carbons (Fsp3) is 0.417. The first-order valence-corrected chi connectivity index (χ1v) is 5.28. The summed E-state index contributed by atoms with van der Waals surface area (Å²) in [5.41, 5.74) is 7.90. The van der Waals surface area contributed by atoms with E-state index in [1.54, 1.807) is 6.92 Å². The van der Waals surface area contributed by atoms with Crippen molar-refractivity contribution in [2.75, 3.05) is 4.90 Å². The molecule has 1 aromatic rings. The average Bonchev–Trinajstić information content (AvgIpc) is 2.52. The van der Waals surface area contributed by atoms with Gasteiger partial charge < -0.3 is 10.6 Å². The van der Waals surface area contributed by atoms with Gasteiger partial charge in [-0.25, -0.2) is 0 Å². The number of fused-ring (bicyclic) bond motifs is 1. The van der Waals surface area contributed by atoms with Crippen LogP contribution in [0.2, 0.25) is 0 Å². The number of hydrogen-bond acceptors (Lipinski definition) is 2. The molecule has 1 amide bonds. The van der Waals surface area contributed by atoms with E-state index < -0.39 is 6.04 Å². The number of amides is 1. The van der Waals surface area contributed by atoms with Crippen molar-refractivity contribution in [2.45, 2.75) is 32.4 Å². The Kier molecular flexibility index (Phi) is 3.94. The molecule has 0 fully saturated rings. The number of rotatable bonds is 1. The van der Waals surface area contributed by atoms with Gasteiger partial charge >= 0.3 is 0 Å². The molecule has 1 aromatic carbocycles. The van der Waals surface area contributed by atoms with Gasteiger partial charge in [-0.3, -0.25) is 4.79 Å². The highest BCUT2D eigenvalue weighted by molar-refractivity contribution is 5.99. The lowest BCUT2D eigenvalue weighted by molar-refractivity contribution is -0.119. The molecular weight excluding hydrogens is 224 g/mol. The molecule has 0 bridgehead atoms. The fourth-order valence-electron chi connectivity index (χ4n) is 2.12. The molecule has 2 rings (SSSR count). The topological polar surface area (TPSA) is 46.3 Å². The lowest BCUT2D eigenvalue weighted by Gasteiger charge is -2.24. The van der Waals surface area contributed by atoms with Gasteiger partial charge in [0.2, 0.25) is 5.91 Å². The highest BCUT2D eigenvalue weighted by atomic mass is 35.5. The molecule has 1 heterocycles. The largest absolute Gasteiger partial charge is 0.320 e. The smallest absolute Gasteiger partial charge is 0.243 e. The van der Waals surface area contributed by atoms with Crippen LogP contribution in [-0.2, 0) is 11.2 Å². The Hall–Kier alpha value is -1.06. The summed E-state index contributed by atoms with van der Waals surface area (Å²) in [6.07, 6.45) is 0.925. The number of hydrogen-bond donors (Lipinski definition) is 1. The summed E-state index contributed by atoms with van der Waals surface area (Å²) in [6.45, 7) is 3.79. The summed E-state index contributed by atoms with van der Waals surface area (Å²) in [4.78, 5) is 13.7. The average molecular weight is 241 g/mol. The number of carbonyl (C=O) groups is 1. The quantitative estimate of drug-likeness (QED) is 0.813. The van der Waals surface area contributed by atoms with Gasteiger partial charge in [0.1, 0.15) is 0 Å². The summed E-state index contributed by atoms with van der Waals surface area (Å²) in [5.74, 6) is 0.00690. The Morgan fingerprint density at radius 1 is 1.50 bits per heavy atom. The van der Waals surface area contributed by atoms with E-state index in [1.807, 2.05) is 23.1 Å². The van der Waals surface area contributed by atoms with Crippen LogP contribution >= 0.6 is 12.4 Å². The van der Waals surface area contributed by atoms with Crippen LogP contribution < -0.4 is 10.6 Å². The molecule has 0 aromatic heterocycles. The third-order valence-corrected chi connectivity index (χ3v) is 2.83. The van der Waals surface area contributed by atoms with Crippen LogP contribution in [0, 0.1) is 0 Å². The summed E-state index contributed by atoms with van der Waals surface area (Å²) < 4.78 is 0. The zero-order valence-electron chi connectivity index (χ0n) is 9.51. The fourth-order valence-corrected chi connectivity index (χ4v) is 2.12. The minimum absolute atomic E-state index is 0. The van der Waals surface area contributed by atoms with Crippen molar-refractivity contribution in [3.8, 4) is 0 Å². The van der Waals surface area contributed by atoms with Crippen LogP contribution in [0.15, 0.2) is 24.3 Å². The zero-order valence-corrected chi connectivity index (χ0v) is 10.3. The van der Waals surface area contributed by atoms with E-state index in [4.69, 9.17) is 5.73 Å². The Bertz CT molecular complexity index is 392. The highest BCUT2D eigenvalue weighted by Gasteiger charge is 2.31. The van der Waals surface area contributed by atoms with E-state index in [0.717, 1.165) is 12.1 Å². The molecule has 3 nitrogen and oxygen atoms in total. The van der Waals surface area contributed by atoms with Crippen LogP contribution in [0.3, 0.4) is 0 Å². The van der Waals surface area contributed by atoms with E-state index >= 15 is 0 Å². The predicted molar refractivity (Wildman–Crippen MR) is 68.0 cm³/mol. The van der Waals surface area contributed by atoms with Crippen molar-refractivity contribution in [1.29, 1.82) is 0 Å². The van der Waals surface area contributed by atoms with Gasteiger partial charge in [0.15, 0.2) is 0 Å². The number of para-hydroxylation sites is 1. The van der Waals surface area contributed by atoms with Crippen LogP contribution in [0.25, 0.3) is 0 Å². The van der Waals surface area contributed by atoms with E-state index in [1.165, 1.54) is 5.56 Å². The molecule has 0 aliphatic carbocycles. The van der Waals surface area contributed by atoms with Crippen LogP contribution in [-0.4, -0.2) is 18.0 Å². The molecule has 0 radical (unpaired) electrons. The van der Waals surface area contributed by atoms with Crippen LogP contribution in [0.5, 0.6) is 0 Å². The second-order valence-corrected chi connectivity index (χ2v) is 4.18. The summed E-state index contributed by atoms with van der Waals surface area (Å²) >= 11 is 0. The van der Waals surface area contributed by atoms with Gasteiger partial charge in [-0.05, 0) is 31.9 Å². The summed E-state index contributed by atoms with van der Waals surface area (Å²) in [5, 5.41) is 0. The molecule has 2 unspecified atom stereocenters. The van der Waals surface area contributed by atoms with Gasteiger partial charge in [0.05, 0.1) is 6.04 Å². The molecule has 2 N–H and O–H groups in total. The van der Waals surface area contributed by atoms with Gasteiger partial charge in [0, 0.05) is 11.7 Å². The first-order chi connectivity index (χ1) is 7.11. The lowest BCUT2D eigenvalue weighted by Crippen LogP contribution is -2.45. The van der Waals surface area contributed by atoms with Crippen molar-refractivity contribution in [1.82, 2.24) is 0 Å². The third-order valence-electron chi connectivity index (χ3n) is 2.83. The van der Waals surface area contributed by atoms with E-state index in [0.29, 0.717) is 0 Å². The van der Waals surface area contributed by atoms with Crippen molar-refractivity contribution >= 4 is 24.0 Å². The zero-order chi connectivity index (χ0) is 11.0. The maximum absolute atomic E-state index is 11.9. The molecule has 1 aliphatic heterocycles. The van der Waals surface area contributed by atoms with E-state index in [-0.39, 0.29) is 24.4 Å². The molecule has 0 saturated carbocycles. The molecule has 16 heavy (non-hydrogen) atoms. The molecule has 1 aliphatic rings. The number of anilines is 1. The van der Waals surface area contributed by atoms with Crippen molar-refractivity contribution in [3.63, 3.8) is 0 Å². The molecule has 4 heteroatoms. The highest BCUT2D eigenvalue weighted by Crippen LogP contribution is 2.31. The van der Waals surface area contributed by atoms with E-state index in [9.17, 15) is 4.79 Å². The van der Waals surface area contributed by atoms with E-state index in [2.05, 4.69) is 13.0 Å². The van der Waals surface area contributed by atoms with Crippen molar-refractivity contribution in [3.05, 3.63) is 29.8 Å². The van der Waals surface area contributed by atoms with Crippen molar-refractivity contribution < 1.29 is 4.79 Å². The monoisotopic (exact) mass is 240 g/mol. The van der Waals surface area contributed by atoms with Gasteiger partial charge in [-0.2, -0.15) is 0 Å². The number of nitrogens with two attached hydrogens (primary N) is 1. The Labute approximate surface area is 102 Å². The predicted octanol–water partition coefficient (Wildman–Crippen LogP) is 1.73. The Balaban J connectivity index is 0.00000128. The minimum Gasteiger partial charge on any atom is -0.320 e. The maximum atomic E-state index is 11.9. The van der Waals surface area contributed by atoms with Crippen LogP contribution in [0.4, 0.5) is 5.69 Å². The van der Waals surface area contributed by atoms with Crippen molar-refractivity contribution in [2.24, 2.45) is 5.73 Å². The summed E-state index contributed by atoms with van der Waals surface area (Å²) in [7, 11) is 0. The molecular formula is C12H17ClN2O. The molecule has 2 atom stereocenters. The number of carbonyl (C=O) groups excluding carboxylic acids is 1. The third kappa shape index (κ3) is 2.06. The first kappa shape index (κ1) is 13.0. The van der Waals surface area contributed by atoms with Gasteiger partial charge in [-0.1, -0.05) is 18.2 Å². The van der Waals surface area contributed by atoms with Gasteiger partial charge in [0.25, 0.3) is 0 Å². The Morgan fingerprint density at radius 2 is 2.12 bits per heavy atom. The molecule has 88 valence electrons. The summed E-state index contributed by atoms with van der Waals surface area (Å²) in [6, 6.07) is 7.81. The number of halogens is 1. The minimum atomic E-state index is -0.432. The molecule has 0 spiro atoms. The second-order valence-electron chi connectivity index (χ2n) is 4.18. The standard InChI is InChI=1S/C12H16N2O.ClH/c1-8-7-10-5-3-4-6-11(10)14(8)12(15)9(2)13;/h3-6,8-9H,7,13H2,1-2H3;1H. The number of nitrogens with zero attached hydrogens (tertiary/aromatic N) is 1. The van der Waals surface area contributed by atoms with Crippen LogP contribution in [0.1, 0.15) is 19.4 Å². The normalized spacial score (nSPS) is 19.9. The van der Waals surface area contributed by atoms with Gasteiger partial charge in [-0.15, -0.1) is 12.4 Å². The SMILES string of the molecule is CC(N)C(=O)N1c2ccccc2CC1C.Cl. The first-order valence-electron chi connectivity index (χ1n) is 5.28. The molecule has 0 saturated heterocycles. The maximum Gasteiger partial charge on any atom is 0.243 e. The Morgan fingerprint density at radius 3 is 2.75 bits per heavy atom. The number of benzene rings is 1.